The Kier molecular flexibility index (Phi) is 4.71. The van der Waals surface area contributed by atoms with Crippen molar-refractivity contribution in [3.05, 3.63) is 35.4 Å². The van der Waals surface area contributed by atoms with Crippen molar-refractivity contribution in [2.75, 3.05) is 0 Å². The third-order valence-corrected chi connectivity index (χ3v) is 3.51. The van der Waals surface area contributed by atoms with Crippen LogP contribution in [-0.2, 0) is 0 Å². The van der Waals surface area contributed by atoms with E-state index in [4.69, 9.17) is 10.7 Å². The summed E-state index contributed by atoms with van der Waals surface area (Å²) >= 11 is 0. The quantitative estimate of drug-likeness (QED) is 0.900. The van der Waals surface area contributed by atoms with Crippen LogP contribution in [0.1, 0.15) is 37.8 Å². The van der Waals surface area contributed by atoms with Crippen molar-refractivity contribution >= 4 is 11.9 Å². The number of nitrogens with one attached hydrogen (secondary N) is 2. The number of hydrogen-bond acceptors (Lipinski definition) is 3. The zero-order valence-electron chi connectivity index (χ0n) is 12.1. The number of amidine groups is 1. The predicted octanol–water partition coefficient (Wildman–Crippen LogP) is 3.09. The van der Waals surface area contributed by atoms with Crippen LogP contribution in [0.2, 0.25) is 0 Å². The van der Waals surface area contributed by atoms with Crippen LogP contribution in [0.3, 0.4) is 0 Å². The molecular formula is C15H16F2N4O. The molecule has 0 aromatic heterocycles. The van der Waals surface area contributed by atoms with Gasteiger partial charge in [0.15, 0.2) is 0 Å². The first-order valence-corrected chi connectivity index (χ1v) is 6.92. The number of carbonyl (C=O) groups is 1. The Balaban J connectivity index is 2.22. The minimum Gasteiger partial charge on any atom is -0.334 e. The fraction of sp³-hybridized carbons (Fsp3) is 0.400. The van der Waals surface area contributed by atoms with Crippen LogP contribution in [0.4, 0.5) is 13.6 Å². The molecule has 2 atom stereocenters. The Labute approximate surface area is 127 Å². The van der Waals surface area contributed by atoms with Gasteiger partial charge in [0, 0.05) is 18.5 Å². The number of nitriles is 1. The Bertz CT molecular complexity index is 621. The van der Waals surface area contributed by atoms with Gasteiger partial charge in [0.05, 0.1) is 18.5 Å². The summed E-state index contributed by atoms with van der Waals surface area (Å²) in [6.45, 7) is 1.68. The molecule has 7 heteroatoms. The van der Waals surface area contributed by atoms with Gasteiger partial charge in [-0.1, -0.05) is 0 Å². The maximum atomic E-state index is 13.4. The average molecular weight is 306 g/mol. The molecule has 22 heavy (non-hydrogen) atoms. The molecule has 2 amide bonds. The second-order valence-electron chi connectivity index (χ2n) is 5.29. The molecule has 1 saturated heterocycles. The lowest BCUT2D eigenvalue weighted by Crippen LogP contribution is -2.45. The fourth-order valence-electron chi connectivity index (χ4n) is 2.53. The number of halogens is 2. The summed E-state index contributed by atoms with van der Waals surface area (Å²) < 4.78 is 26.7. The highest BCUT2D eigenvalue weighted by Gasteiger charge is 2.35. The molecule has 1 aromatic carbocycles. The third kappa shape index (κ3) is 3.39. The zero-order valence-corrected chi connectivity index (χ0v) is 12.1. The molecule has 5 nitrogen and oxygen atoms in total. The number of carbonyl (C=O) groups excluding carboxylic acids is 1. The van der Waals surface area contributed by atoms with Gasteiger partial charge in [-0.05, 0) is 31.0 Å². The monoisotopic (exact) mass is 306 g/mol. The molecule has 1 aliphatic heterocycles. The van der Waals surface area contributed by atoms with E-state index in [2.05, 4.69) is 5.32 Å². The molecule has 2 unspecified atom stereocenters. The molecule has 116 valence electrons. The van der Waals surface area contributed by atoms with Crippen LogP contribution in [0.5, 0.6) is 0 Å². The van der Waals surface area contributed by atoms with E-state index in [1.165, 1.54) is 17.0 Å². The van der Waals surface area contributed by atoms with Gasteiger partial charge in [-0.25, -0.2) is 13.6 Å². The molecule has 0 radical (unpaired) electrons. The fourth-order valence-corrected chi connectivity index (χ4v) is 2.53. The van der Waals surface area contributed by atoms with Crippen molar-refractivity contribution in [1.82, 2.24) is 10.2 Å². The van der Waals surface area contributed by atoms with Gasteiger partial charge in [-0.15, -0.1) is 0 Å². The molecule has 1 heterocycles. The lowest BCUT2D eigenvalue weighted by Gasteiger charge is -2.26. The lowest BCUT2D eigenvalue weighted by molar-refractivity contribution is 0.209. The standard InChI is InChI=1S/C15H16F2N4O/c1-9(4-5-18)20-15(22)21-13(2-3-14(21)19)10-6-11(16)8-12(17)7-10/h6-9,13,19H,2-4H2,1H3,(H,20,22). The molecule has 2 rings (SSSR count). The van der Waals surface area contributed by atoms with E-state index >= 15 is 0 Å². The van der Waals surface area contributed by atoms with E-state index in [9.17, 15) is 13.6 Å². The van der Waals surface area contributed by atoms with E-state index in [0.29, 0.717) is 18.4 Å². The Morgan fingerprint density at radius 3 is 2.73 bits per heavy atom. The topological polar surface area (TPSA) is 80.0 Å². The first kappa shape index (κ1) is 15.9. The maximum Gasteiger partial charge on any atom is 0.323 e. The molecule has 0 aliphatic carbocycles. The Hall–Kier alpha value is -2.49. The molecule has 0 bridgehead atoms. The van der Waals surface area contributed by atoms with Gasteiger partial charge in [0.1, 0.15) is 17.5 Å². The summed E-state index contributed by atoms with van der Waals surface area (Å²) in [5.41, 5.74) is 0.322. The van der Waals surface area contributed by atoms with Crippen LogP contribution in [-0.4, -0.2) is 22.8 Å². The maximum absolute atomic E-state index is 13.4. The summed E-state index contributed by atoms with van der Waals surface area (Å²) in [5, 5.41) is 19.1. The smallest absolute Gasteiger partial charge is 0.323 e. The van der Waals surface area contributed by atoms with E-state index < -0.39 is 23.7 Å². The Morgan fingerprint density at radius 2 is 2.14 bits per heavy atom. The number of amides is 2. The molecule has 1 aromatic rings. The van der Waals surface area contributed by atoms with Crippen LogP contribution >= 0.6 is 0 Å². The number of likely N-dealkylation sites (tertiary alicyclic amines) is 1. The van der Waals surface area contributed by atoms with E-state index in [-0.39, 0.29) is 18.3 Å². The zero-order chi connectivity index (χ0) is 16.3. The van der Waals surface area contributed by atoms with Crippen LogP contribution in [0.25, 0.3) is 0 Å². The van der Waals surface area contributed by atoms with Gasteiger partial charge in [0.2, 0.25) is 0 Å². The molecule has 0 saturated carbocycles. The van der Waals surface area contributed by atoms with Crippen molar-refractivity contribution in [3.8, 4) is 6.07 Å². The summed E-state index contributed by atoms with van der Waals surface area (Å²) in [5.74, 6) is -1.34. The second-order valence-corrected chi connectivity index (χ2v) is 5.29. The van der Waals surface area contributed by atoms with Gasteiger partial charge < -0.3 is 5.32 Å². The second kappa shape index (κ2) is 6.52. The summed E-state index contributed by atoms with van der Waals surface area (Å²) in [7, 11) is 0. The SMILES string of the molecule is CC(CC#N)NC(=O)N1C(=N)CCC1c1cc(F)cc(F)c1. The molecule has 2 N–H and O–H groups in total. The van der Waals surface area contributed by atoms with E-state index in [0.717, 1.165) is 6.07 Å². The van der Waals surface area contributed by atoms with Gasteiger partial charge in [0.25, 0.3) is 0 Å². The summed E-state index contributed by atoms with van der Waals surface area (Å²) in [6, 6.07) is 3.59. The normalized spacial score (nSPS) is 18.9. The number of rotatable bonds is 3. The minimum absolute atomic E-state index is 0.0938. The number of nitrogens with zero attached hydrogens (tertiary/aromatic N) is 2. The number of benzene rings is 1. The highest BCUT2D eigenvalue weighted by atomic mass is 19.1. The molecular weight excluding hydrogens is 290 g/mol. The van der Waals surface area contributed by atoms with Gasteiger partial charge in [-0.3, -0.25) is 10.3 Å². The Morgan fingerprint density at radius 1 is 1.50 bits per heavy atom. The minimum atomic E-state index is -0.716. The predicted molar refractivity (Wildman–Crippen MR) is 76.1 cm³/mol. The van der Waals surface area contributed by atoms with Crippen LogP contribution < -0.4 is 5.32 Å². The van der Waals surface area contributed by atoms with E-state index in [1.807, 2.05) is 6.07 Å². The van der Waals surface area contributed by atoms with E-state index in [1.54, 1.807) is 6.92 Å². The van der Waals surface area contributed by atoms with Gasteiger partial charge in [-0.2, -0.15) is 5.26 Å². The lowest BCUT2D eigenvalue weighted by atomic mass is 10.0. The highest BCUT2D eigenvalue weighted by Crippen LogP contribution is 2.33. The van der Waals surface area contributed by atoms with Crippen LogP contribution in [0, 0.1) is 28.4 Å². The summed E-state index contributed by atoms with van der Waals surface area (Å²) in [6.07, 6.45) is 0.927. The van der Waals surface area contributed by atoms with Gasteiger partial charge >= 0.3 is 6.03 Å². The highest BCUT2D eigenvalue weighted by molar-refractivity contribution is 5.98. The number of urea groups is 1. The third-order valence-electron chi connectivity index (χ3n) is 3.51. The van der Waals surface area contributed by atoms with Crippen LogP contribution in [0.15, 0.2) is 18.2 Å². The average Bonchev–Trinajstić information content (AvgIpc) is 2.79. The molecule has 1 fully saturated rings. The van der Waals surface area contributed by atoms with Crippen molar-refractivity contribution in [3.63, 3.8) is 0 Å². The van der Waals surface area contributed by atoms with Crippen molar-refractivity contribution < 1.29 is 13.6 Å². The summed E-state index contributed by atoms with van der Waals surface area (Å²) in [4.78, 5) is 13.5. The van der Waals surface area contributed by atoms with Crippen molar-refractivity contribution in [1.29, 1.82) is 10.7 Å². The largest absolute Gasteiger partial charge is 0.334 e. The molecule has 1 aliphatic rings. The first-order valence-electron chi connectivity index (χ1n) is 6.92. The van der Waals surface area contributed by atoms with Crippen molar-refractivity contribution in [2.45, 2.75) is 38.3 Å². The molecule has 0 spiro atoms. The van der Waals surface area contributed by atoms with Crippen molar-refractivity contribution in [2.24, 2.45) is 0 Å². The first-order chi connectivity index (χ1) is 10.4. The number of hydrogen-bond donors (Lipinski definition) is 2.